The van der Waals surface area contributed by atoms with E-state index in [4.69, 9.17) is 0 Å². The molecule has 0 aliphatic carbocycles. The zero-order chi connectivity index (χ0) is 12.7. The molecule has 1 rings (SSSR count). The van der Waals surface area contributed by atoms with Crippen molar-refractivity contribution in [3.63, 3.8) is 0 Å². The Morgan fingerprint density at radius 2 is 2.06 bits per heavy atom. The zero-order valence-corrected chi connectivity index (χ0v) is 12.2. The van der Waals surface area contributed by atoms with Crippen LogP contribution in [0.4, 0.5) is 0 Å². The monoisotopic (exact) mass is 252 g/mol. The average molecular weight is 252 g/mol. The molecule has 1 heterocycles. The van der Waals surface area contributed by atoms with Gasteiger partial charge < -0.3 is 5.32 Å². The van der Waals surface area contributed by atoms with Crippen LogP contribution in [-0.2, 0) is 0 Å². The summed E-state index contributed by atoms with van der Waals surface area (Å²) in [6.45, 7) is 7.76. The van der Waals surface area contributed by atoms with Crippen molar-refractivity contribution in [2.75, 3.05) is 12.8 Å². The normalized spacial score (nSPS) is 13.6. The van der Waals surface area contributed by atoms with E-state index in [1.165, 1.54) is 12.8 Å². The number of nitrogens with zero attached hydrogens (tertiary/aromatic N) is 1. The van der Waals surface area contributed by atoms with Crippen molar-refractivity contribution in [3.05, 3.63) is 30.1 Å². The highest BCUT2D eigenvalue weighted by Crippen LogP contribution is 2.30. The van der Waals surface area contributed by atoms with E-state index in [2.05, 4.69) is 43.4 Å². The van der Waals surface area contributed by atoms with Crippen molar-refractivity contribution in [2.45, 2.75) is 44.4 Å². The lowest BCUT2D eigenvalue weighted by Crippen LogP contribution is -2.37. The quantitative estimate of drug-likeness (QED) is 0.801. The van der Waals surface area contributed by atoms with Gasteiger partial charge in [0.05, 0.1) is 5.69 Å². The molecule has 0 saturated carbocycles. The summed E-state index contributed by atoms with van der Waals surface area (Å²) in [5, 5.41) is 3.61. The largest absolute Gasteiger partial charge is 0.307 e. The molecule has 0 amide bonds. The van der Waals surface area contributed by atoms with E-state index >= 15 is 0 Å². The van der Waals surface area contributed by atoms with Gasteiger partial charge in [0.1, 0.15) is 0 Å². The second kappa shape index (κ2) is 7.02. The maximum absolute atomic E-state index is 4.39. The number of hydrogen-bond donors (Lipinski definition) is 1. The van der Waals surface area contributed by atoms with Gasteiger partial charge in [0, 0.05) is 23.5 Å². The molecule has 0 fully saturated rings. The lowest BCUT2D eigenvalue weighted by atomic mass is 10.0. The Labute approximate surface area is 110 Å². The second-order valence-corrected chi connectivity index (χ2v) is 5.73. The van der Waals surface area contributed by atoms with Gasteiger partial charge in [0.2, 0.25) is 0 Å². The third-order valence-corrected chi connectivity index (χ3v) is 5.17. The third kappa shape index (κ3) is 4.00. The summed E-state index contributed by atoms with van der Waals surface area (Å²) >= 11 is 1.97. The summed E-state index contributed by atoms with van der Waals surface area (Å²) in [6.07, 6.45) is 6.47. The van der Waals surface area contributed by atoms with E-state index in [1.807, 2.05) is 30.1 Å². The molecular weight excluding hydrogens is 228 g/mol. The summed E-state index contributed by atoms with van der Waals surface area (Å²) < 4.78 is 0.364. The van der Waals surface area contributed by atoms with E-state index in [0.29, 0.717) is 10.8 Å². The first kappa shape index (κ1) is 14.5. The predicted molar refractivity (Wildman–Crippen MR) is 77.5 cm³/mol. The molecule has 0 radical (unpaired) electrons. The maximum atomic E-state index is 4.39. The van der Waals surface area contributed by atoms with Crippen LogP contribution in [0.25, 0.3) is 0 Å². The summed E-state index contributed by atoms with van der Waals surface area (Å²) in [5.41, 5.74) is 1.12. The van der Waals surface area contributed by atoms with Crippen molar-refractivity contribution in [2.24, 2.45) is 0 Å². The fourth-order valence-corrected chi connectivity index (χ4v) is 2.74. The minimum atomic E-state index is 0.320. The molecule has 0 aromatic carbocycles. The highest BCUT2D eigenvalue weighted by atomic mass is 32.2. The zero-order valence-electron chi connectivity index (χ0n) is 11.4. The maximum Gasteiger partial charge on any atom is 0.0570 e. The Bertz CT molecular complexity index is 301. The topological polar surface area (TPSA) is 24.9 Å². The number of pyridine rings is 1. The molecule has 1 N–H and O–H groups in total. The van der Waals surface area contributed by atoms with Crippen molar-refractivity contribution in [1.82, 2.24) is 10.3 Å². The number of nitrogens with one attached hydrogen (secondary N) is 1. The SMILES string of the molecule is CCC(CC)(CNC(C)c1ccccn1)SC. The first-order valence-electron chi connectivity index (χ1n) is 6.37. The van der Waals surface area contributed by atoms with Crippen LogP contribution in [0.1, 0.15) is 45.3 Å². The van der Waals surface area contributed by atoms with Crippen LogP contribution in [-0.4, -0.2) is 22.5 Å². The van der Waals surface area contributed by atoms with Gasteiger partial charge in [-0.2, -0.15) is 11.8 Å². The minimum Gasteiger partial charge on any atom is -0.307 e. The van der Waals surface area contributed by atoms with Gasteiger partial charge in [-0.1, -0.05) is 19.9 Å². The first-order chi connectivity index (χ1) is 8.17. The molecule has 0 spiro atoms. The van der Waals surface area contributed by atoms with E-state index in [-0.39, 0.29) is 0 Å². The van der Waals surface area contributed by atoms with Crippen molar-refractivity contribution < 1.29 is 0 Å². The summed E-state index contributed by atoms with van der Waals surface area (Å²) in [7, 11) is 0. The second-order valence-electron chi connectivity index (χ2n) is 4.45. The molecule has 0 aliphatic rings. The van der Waals surface area contributed by atoms with Gasteiger partial charge in [0.15, 0.2) is 0 Å². The van der Waals surface area contributed by atoms with Crippen LogP contribution >= 0.6 is 11.8 Å². The lowest BCUT2D eigenvalue weighted by Gasteiger charge is -2.31. The van der Waals surface area contributed by atoms with Crippen LogP contribution in [0.15, 0.2) is 24.4 Å². The van der Waals surface area contributed by atoms with E-state index in [9.17, 15) is 0 Å². The van der Waals surface area contributed by atoms with Crippen LogP contribution < -0.4 is 5.32 Å². The molecule has 0 aliphatic heterocycles. The van der Waals surface area contributed by atoms with E-state index < -0.39 is 0 Å². The highest BCUT2D eigenvalue weighted by Gasteiger charge is 2.25. The van der Waals surface area contributed by atoms with Crippen LogP contribution in [0.3, 0.4) is 0 Å². The Morgan fingerprint density at radius 3 is 2.53 bits per heavy atom. The minimum absolute atomic E-state index is 0.320. The Balaban J connectivity index is 2.55. The molecule has 0 bridgehead atoms. The van der Waals surface area contributed by atoms with E-state index in [1.54, 1.807) is 0 Å². The summed E-state index contributed by atoms with van der Waals surface area (Å²) in [4.78, 5) is 4.39. The fourth-order valence-electron chi connectivity index (χ4n) is 1.94. The van der Waals surface area contributed by atoms with Gasteiger partial charge in [-0.3, -0.25) is 4.98 Å². The fraction of sp³-hybridized carbons (Fsp3) is 0.643. The molecule has 2 nitrogen and oxygen atoms in total. The van der Waals surface area contributed by atoms with Gasteiger partial charge in [-0.25, -0.2) is 0 Å². The van der Waals surface area contributed by atoms with Gasteiger partial charge in [0.25, 0.3) is 0 Å². The van der Waals surface area contributed by atoms with Crippen LogP contribution in [0.2, 0.25) is 0 Å². The molecule has 1 unspecified atom stereocenters. The summed E-state index contributed by atoms with van der Waals surface area (Å²) in [6, 6.07) is 6.40. The molecule has 3 heteroatoms. The molecular formula is C14H24N2S. The van der Waals surface area contributed by atoms with Crippen molar-refractivity contribution in [1.29, 1.82) is 0 Å². The number of rotatable bonds is 7. The van der Waals surface area contributed by atoms with Crippen molar-refractivity contribution >= 4 is 11.8 Å². The average Bonchev–Trinajstić information content (AvgIpc) is 2.41. The van der Waals surface area contributed by atoms with Gasteiger partial charge in [-0.15, -0.1) is 0 Å². The smallest absolute Gasteiger partial charge is 0.0570 e. The number of aromatic nitrogens is 1. The molecule has 1 atom stereocenters. The molecule has 1 aromatic rings. The first-order valence-corrected chi connectivity index (χ1v) is 7.59. The predicted octanol–water partition coefficient (Wildman–Crippen LogP) is 3.65. The number of thioether (sulfide) groups is 1. The van der Waals surface area contributed by atoms with Gasteiger partial charge in [-0.05, 0) is 38.2 Å². The van der Waals surface area contributed by atoms with Crippen LogP contribution in [0.5, 0.6) is 0 Å². The Kier molecular flexibility index (Phi) is 6.00. The third-order valence-electron chi connectivity index (χ3n) is 3.58. The van der Waals surface area contributed by atoms with E-state index in [0.717, 1.165) is 12.2 Å². The summed E-state index contributed by atoms with van der Waals surface area (Å²) in [5.74, 6) is 0. The van der Waals surface area contributed by atoms with Crippen molar-refractivity contribution in [3.8, 4) is 0 Å². The van der Waals surface area contributed by atoms with Crippen LogP contribution in [0, 0.1) is 0 Å². The molecule has 96 valence electrons. The van der Waals surface area contributed by atoms with Gasteiger partial charge >= 0.3 is 0 Å². The molecule has 17 heavy (non-hydrogen) atoms. The molecule has 0 saturated heterocycles. The standard InChI is InChI=1S/C14H24N2S/c1-5-14(6-2,17-4)11-16-12(3)13-9-7-8-10-15-13/h7-10,12,16H,5-6,11H2,1-4H3. The Morgan fingerprint density at radius 1 is 1.35 bits per heavy atom. The molecule has 1 aromatic heterocycles. The number of hydrogen-bond acceptors (Lipinski definition) is 3. The highest BCUT2D eigenvalue weighted by molar-refractivity contribution is 8.00. The lowest BCUT2D eigenvalue weighted by molar-refractivity contribution is 0.455. The Hall–Kier alpha value is -0.540.